The number of fused-ring (bicyclic) bond motifs is 6. The lowest BCUT2D eigenvalue weighted by Gasteiger charge is -2.56. The Bertz CT molecular complexity index is 1750. The number of allylic oxidation sites excluding steroid dienone is 1. The minimum absolute atomic E-state index is 0.0671. The Labute approximate surface area is 220 Å². The molecule has 0 radical (unpaired) electrons. The molecule has 0 saturated carbocycles. The number of Topliss-reactive ketones (excluding diaryl/α,β-unsaturated/α-hetero) is 1. The van der Waals surface area contributed by atoms with Gasteiger partial charge in [-0.05, 0) is 53.8 Å². The molecule has 39 heavy (non-hydrogen) atoms. The number of carbonyl (C=O) groups excluding carboxylic acids is 3. The fourth-order valence-electron chi connectivity index (χ4n) is 7.43. The number of hydrogen-bond acceptors (Lipinski definition) is 9. The summed E-state index contributed by atoms with van der Waals surface area (Å²) in [7, 11) is 0. The van der Waals surface area contributed by atoms with Crippen molar-refractivity contribution in [3.63, 3.8) is 0 Å². The first-order valence-electron chi connectivity index (χ1n) is 12.4. The molecule has 3 aromatic rings. The molecule has 7 rings (SSSR count). The van der Waals surface area contributed by atoms with Gasteiger partial charge in [0.05, 0.1) is 28.2 Å². The van der Waals surface area contributed by atoms with E-state index in [1.54, 1.807) is 6.92 Å². The van der Waals surface area contributed by atoms with Gasteiger partial charge in [0.2, 0.25) is 11.6 Å². The van der Waals surface area contributed by atoms with Gasteiger partial charge in [0.1, 0.15) is 23.4 Å². The molecule has 4 aliphatic rings. The molecule has 0 unspecified atom stereocenters. The Morgan fingerprint density at radius 1 is 0.821 bits per heavy atom. The summed E-state index contributed by atoms with van der Waals surface area (Å²) in [6.07, 6.45) is -0.899. The minimum atomic E-state index is -2.62. The van der Waals surface area contributed by atoms with E-state index in [-0.39, 0.29) is 45.4 Å². The molecule has 0 heterocycles. The van der Waals surface area contributed by atoms with Gasteiger partial charge in [-0.2, -0.15) is 0 Å². The van der Waals surface area contributed by atoms with Gasteiger partial charge >= 0.3 is 0 Å². The van der Waals surface area contributed by atoms with Crippen molar-refractivity contribution in [1.29, 1.82) is 0 Å². The second-order valence-corrected chi connectivity index (χ2v) is 10.8. The third kappa shape index (κ3) is 2.48. The Hall–Kier alpha value is -4.31. The fourth-order valence-corrected chi connectivity index (χ4v) is 7.43. The van der Waals surface area contributed by atoms with E-state index in [1.807, 2.05) is 0 Å². The first kappa shape index (κ1) is 23.8. The molecule has 5 atom stereocenters. The van der Waals surface area contributed by atoms with Crippen molar-refractivity contribution in [3.8, 4) is 17.2 Å². The van der Waals surface area contributed by atoms with E-state index in [0.717, 1.165) is 0 Å². The van der Waals surface area contributed by atoms with Crippen LogP contribution in [-0.4, -0.2) is 59.7 Å². The Balaban J connectivity index is 1.55. The van der Waals surface area contributed by atoms with Gasteiger partial charge in [0.15, 0.2) is 11.4 Å². The first-order valence-corrected chi connectivity index (χ1v) is 12.4. The zero-order valence-corrected chi connectivity index (χ0v) is 20.5. The van der Waals surface area contributed by atoms with Gasteiger partial charge in [-0.1, -0.05) is 30.4 Å². The molecule has 0 bridgehead atoms. The fraction of sp³-hybridized carbons (Fsp3) is 0.233. The highest BCUT2D eigenvalue weighted by Gasteiger charge is 2.72. The van der Waals surface area contributed by atoms with Crippen LogP contribution >= 0.6 is 0 Å². The molecule has 3 aromatic carbocycles. The molecule has 1 spiro atoms. The van der Waals surface area contributed by atoms with Gasteiger partial charge in [0.25, 0.3) is 0 Å². The second-order valence-electron chi connectivity index (χ2n) is 10.8. The summed E-state index contributed by atoms with van der Waals surface area (Å²) in [6, 6.07) is 8.17. The highest BCUT2D eigenvalue weighted by molar-refractivity contribution is 6.31. The predicted molar refractivity (Wildman–Crippen MR) is 134 cm³/mol. The molecular formula is C30H22O9. The van der Waals surface area contributed by atoms with Gasteiger partial charge in [-0.15, -0.1) is 0 Å². The third-order valence-corrected chi connectivity index (χ3v) is 9.02. The lowest BCUT2D eigenvalue weighted by atomic mass is 9.50. The van der Waals surface area contributed by atoms with Gasteiger partial charge < -0.3 is 30.6 Å². The van der Waals surface area contributed by atoms with E-state index in [2.05, 4.69) is 0 Å². The smallest absolute Gasteiger partial charge is 0.202 e. The summed E-state index contributed by atoms with van der Waals surface area (Å²) >= 11 is 0. The highest BCUT2D eigenvalue weighted by atomic mass is 16.4. The van der Waals surface area contributed by atoms with Crippen LogP contribution in [0.15, 0.2) is 48.6 Å². The number of phenols is 3. The largest absolute Gasteiger partial charge is 0.507 e. The number of rotatable bonds is 0. The summed E-state index contributed by atoms with van der Waals surface area (Å²) in [5.41, 5.74) is -4.36. The molecule has 196 valence electrons. The molecule has 0 fully saturated rings. The lowest BCUT2D eigenvalue weighted by Crippen LogP contribution is -2.68. The summed E-state index contributed by atoms with van der Waals surface area (Å²) in [4.78, 5) is 41.3. The quantitative estimate of drug-likeness (QED) is 0.188. The average Bonchev–Trinajstić information content (AvgIpc) is 3.22. The number of aliphatic hydroxyl groups excluding tert-OH is 2. The van der Waals surface area contributed by atoms with Crippen LogP contribution in [0.3, 0.4) is 0 Å². The van der Waals surface area contributed by atoms with Gasteiger partial charge in [-0.25, -0.2) is 0 Å². The van der Waals surface area contributed by atoms with Crippen molar-refractivity contribution in [3.05, 3.63) is 98.6 Å². The SMILES string of the molecule is Cc1cc(O)c2c(c1)[C@H](O)[C@]13Cc4cc(O)c5c(c4[C@H]1C=C[C@@H](O)[C@]3(O)C2=O)C(=O)c1cccc(O)c1C5=O. The van der Waals surface area contributed by atoms with Crippen LogP contribution in [0.1, 0.15) is 76.5 Å². The standard InChI is InChI=1S/C30H22O9/c1-11-7-14-22(17(32)8-11)28(38)30(39)19(34)6-5-15-20-12(10-29(15,30)27(14)37)9-18(33)23-24(20)25(35)13-3-2-4-16(31)21(13)26(23)36/h2-9,15,19,27,31-34,37,39H,10H2,1H3/t15-,19-,27+,29+,30+/m1/s1. The van der Waals surface area contributed by atoms with Crippen molar-refractivity contribution in [2.24, 2.45) is 5.41 Å². The maximum absolute atomic E-state index is 13.9. The van der Waals surface area contributed by atoms with E-state index in [1.165, 1.54) is 48.6 Å². The third-order valence-electron chi connectivity index (χ3n) is 9.02. The zero-order chi connectivity index (χ0) is 27.8. The van der Waals surface area contributed by atoms with Gasteiger partial charge in [-0.3, -0.25) is 14.4 Å². The maximum atomic E-state index is 13.9. The van der Waals surface area contributed by atoms with Crippen molar-refractivity contribution in [2.75, 3.05) is 0 Å². The zero-order valence-electron chi connectivity index (χ0n) is 20.5. The monoisotopic (exact) mass is 526 g/mol. The predicted octanol–water partition coefficient (Wildman–Crippen LogP) is 2.11. The van der Waals surface area contributed by atoms with Crippen LogP contribution in [0, 0.1) is 12.3 Å². The topological polar surface area (TPSA) is 173 Å². The maximum Gasteiger partial charge on any atom is 0.202 e. The molecule has 0 amide bonds. The molecule has 0 aromatic heterocycles. The van der Waals surface area contributed by atoms with Crippen LogP contribution < -0.4 is 0 Å². The number of carbonyl (C=O) groups is 3. The molecule has 4 aliphatic carbocycles. The van der Waals surface area contributed by atoms with Crippen LogP contribution in [0.4, 0.5) is 0 Å². The number of benzene rings is 3. The van der Waals surface area contributed by atoms with E-state index in [4.69, 9.17) is 0 Å². The van der Waals surface area contributed by atoms with Crippen LogP contribution in [0.25, 0.3) is 0 Å². The van der Waals surface area contributed by atoms with Crippen molar-refractivity contribution >= 4 is 17.3 Å². The molecule has 9 heteroatoms. The van der Waals surface area contributed by atoms with E-state index in [9.17, 15) is 45.0 Å². The number of aryl methyl sites for hydroxylation is 1. The molecule has 6 N–H and O–H groups in total. The number of aliphatic hydroxyl groups is 3. The summed E-state index contributed by atoms with van der Waals surface area (Å²) < 4.78 is 0. The Morgan fingerprint density at radius 3 is 2.28 bits per heavy atom. The normalized spacial score (nSPS) is 29.7. The van der Waals surface area contributed by atoms with Crippen molar-refractivity contribution in [1.82, 2.24) is 0 Å². The van der Waals surface area contributed by atoms with E-state index >= 15 is 0 Å². The number of aromatic hydroxyl groups is 3. The average molecular weight is 526 g/mol. The Morgan fingerprint density at radius 2 is 1.54 bits per heavy atom. The van der Waals surface area contributed by atoms with Crippen molar-refractivity contribution < 1.29 is 45.0 Å². The highest BCUT2D eigenvalue weighted by Crippen LogP contribution is 2.67. The van der Waals surface area contributed by atoms with Crippen molar-refractivity contribution in [2.45, 2.75) is 37.1 Å². The number of ketones is 3. The van der Waals surface area contributed by atoms with Gasteiger partial charge in [0, 0.05) is 17.0 Å². The van der Waals surface area contributed by atoms with Crippen LogP contribution in [0.2, 0.25) is 0 Å². The minimum Gasteiger partial charge on any atom is -0.507 e. The number of phenolic OH excluding ortho intramolecular Hbond substituents is 3. The van der Waals surface area contributed by atoms with Crippen LogP contribution in [0.5, 0.6) is 17.2 Å². The van der Waals surface area contributed by atoms with E-state index < -0.39 is 63.7 Å². The first-order chi connectivity index (χ1) is 18.4. The molecular weight excluding hydrogens is 504 g/mol. The second kappa shape index (κ2) is 7.20. The summed E-state index contributed by atoms with van der Waals surface area (Å²) in [5, 5.41) is 67.0. The molecule has 0 aliphatic heterocycles. The van der Waals surface area contributed by atoms with Crippen LogP contribution in [-0.2, 0) is 6.42 Å². The summed E-state index contributed by atoms with van der Waals surface area (Å²) in [5.74, 6) is -4.81. The molecule has 9 nitrogen and oxygen atoms in total. The number of hydrogen-bond donors (Lipinski definition) is 6. The summed E-state index contributed by atoms with van der Waals surface area (Å²) in [6.45, 7) is 1.66. The van der Waals surface area contributed by atoms with E-state index in [0.29, 0.717) is 11.1 Å². The Kier molecular flexibility index (Phi) is 4.39. The molecule has 0 saturated heterocycles. The lowest BCUT2D eigenvalue weighted by molar-refractivity contribution is -0.171.